The van der Waals surface area contributed by atoms with Crippen LogP contribution in [0.4, 0.5) is 4.39 Å². The van der Waals surface area contributed by atoms with Crippen LogP contribution in [0, 0.1) is 5.82 Å². The zero-order valence-electron chi connectivity index (χ0n) is 18.9. The van der Waals surface area contributed by atoms with Gasteiger partial charge in [0.2, 0.25) is 5.91 Å². The molecule has 3 aromatic rings. The highest BCUT2D eigenvalue weighted by Gasteiger charge is 2.44. The number of hydrogen-bond acceptors (Lipinski definition) is 3. The van der Waals surface area contributed by atoms with Gasteiger partial charge >= 0.3 is 0 Å². The summed E-state index contributed by atoms with van der Waals surface area (Å²) < 4.78 is 18.8. The van der Waals surface area contributed by atoms with Crippen molar-refractivity contribution in [1.29, 1.82) is 0 Å². The summed E-state index contributed by atoms with van der Waals surface area (Å²) in [5, 5.41) is 3.03. The van der Waals surface area contributed by atoms with Gasteiger partial charge in [0.1, 0.15) is 11.6 Å². The summed E-state index contributed by atoms with van der Waals surface area (Å²) in [5.74, 6) is -0.557. The summed E-state index contributed by atoms with van der Waals surface area (Å²) in [6.45, 7) is 4.07. The first-order chi connectivity index (χ1) is 15.9. The van der Waals surface area contributed by atoms with E-state index in [2.05, 4.69) is 5.32 Å². The molecule has 3 aromatic carbocycles. The van der Waals surface area contributed by atoms with Gasteiger partial charge in [-0.25, -0.2) is 4.39 Å². The molecular weight excluding hydrogens is 419 g/mol. The molecule has 0 fully saturated rings. The summed E-state index contributed by atoms with van der Waals surface area (Å²) >= 11 is 0. The van der Waals surface area contributed by atoms with Crippen molar-refractivity contribution >= 4 is 11.8 Å². The molecule has 1 aliphatic heterocycles. The molecular formula is C27H27FN2O3. The summed E-state index contributed by atoms with van der Waals surface area (Å²) in [5.41, 5.74) is 2.82. The third kappa shape index (κ3) is 4.60. The molecule has 1 aliphatic rings. The second-order valence-electron chi connectivity index (χ2n) is 8.51. The van der Waals surface area contributed by atoms with E-state index in [1.807, 2.05) is 50.2 Å². The molecule has 5 nitrogen and oxygen atoms in total. The van der Waals surface area contributed by atoms with Crippen LogP contribution in [0.5, 0.6) is 5.75 Å². The molecule has 0 radical (unpaired) electrons. The van der Waals surface area contributed by atoms with Crippen LogP contribution in [0.3, 0.4) is 0 Å². The molecule has 2 amide bonds. The fraction of sp³-hybridized carbons (Fsp3) is 0.259. The molecule has 0 aromatic heterocycles. The molecule has 1 N–H and O–H groups in total. The van der Waals surface area contributed by atoms with Gasteiger partial charge in [0.25, 0.3) is 5.91 Å². The normalized spacial score (nSPS) is 17.6. The minimum absolute atomic E-state index is 0.0515. The van der Waals surface area contributed by atoms with Gasteiger partial charge in [-0.1, -0.05) is 42.5 Å². The Kier molecular flexibility index (Phi) is 6.45. The van der Waals surface area contributed by atoms with Crippen LogP contribution in [0.25, 0.3) is 0 Å². The minimum Gasteiger partial charge on any atom is -0.497 e. The number of ether oxygens (including phenoxy) is 1. The van der Waals surface area contributed by atoms with E-state index in [4.69, 9.17) is 4.74 Å². The maximum absolute atomic E-state index is 13.7. The Morgan fingerprint density at radius 1 is 1.03 bits per heavy atom. The Morgan fingerprint density at radius 2 is 1.70 bits per heavy atom. The maximum atomic E-state index is 13.7. The quantitative estimate of drug-likeness (QED) is 0.590. The molecule has 0 unspecified atom stereocenters. The molecule has 170 valence electrons. The number of nitrogens with one attached hydrogen (secondary N) is 1. The van der Waals surface area contributed by atoms with Crippen molar-refractivity contribution < 1.29 is 18.7 Å². The largest absolute Gasteiger partial charge is 0.497 e. The zero-order valence-corrected chi connectivity index (χ0v) is 18.9. The number of methoxy groups -OCH3 is 1. The van der Waals surface area contributed by atoms with E-state index in [1.165, 1.54) is 12.1 Å². The van der Waals surface area contributed by atoms with Crippen LogP contribution in [-0.2, 0) is 11.3 Å². The second-order valence-corrected chi connectivity index (χ2v) is 8.51. The topological polar surface area (TPSA) is 58.6 Å². The van der Waals surface area contributed by atoms with Gasteiger partial charge < -0.3 is 15.0 Å². The number of hydrogen-bond donors (Lipinski definition) is 1. The molecule has 0 spiro atoms. The maximum Gasteiger partial charge on any atom is 0.255 e. The first kappa shape index (κ1) is 22.5. The lowest BCUT2D eigenvalue weighted by molar-refractivity contribution is -0.124. The Balaban J connectivity index is 1.86. The third-order valence-electron chi connectivity index (χ3n) is 5.88. The lowest BCUT2D eigenvalue weighted by atomic mass is 9.78. The molecule has 33 heavy (non-hydrogen) atoms. The van der Waals surface area contributed by atoms with Crippen LogP contribution in [-0.4, -0.2) is 29.9 Å². The van der Waals surface area contributed by atoms with Gasteiger partial charge in [-0.05, 0) is 60.9 Å². The Morgan fingerprint density at radius 3 is 2.33 bits per heavy atom. The number of amides is 2. The fourth-order valence-corrected chi connectivity index (χ4v) is 4.38. The fourth-order valence-electron chi connectivity index (χ4n) is 4.38. The van der Waals surface area contributed by atoms with E-state index in [0.29, 0.717) is 16.9 Å². The molecule has 6 heteroatoms. The van der Waals surface area contributed by atoms with Crippen molar-refractivity contribution in [1.82, 2.24) is 10.2 Å². The average molecular weight is 447 g/mol. The van der Waals surface area contributed by atoms with Gasteiger partial charge in [-0.15, -0.1) is 0 Å². The van der Waals surface area contributed by atoms with E-state index in [9.17, 15) is 14.0 Å². The lowest BCUT2D eigenvalue weighted by Gasteiger charge is -2.42. The molecule has 0 aliphatic carbocycles. The number of halogens is 1. The molecule has 2 atom stereocenters. The number of benzene rings is 3. The third-order valence-corrected chi connectivity index (χ3v) is 5.88. The highest BCUT2D eigenvalue weighted by atomic mass is 19.1. The Hall–Kier alpha value is -3.67. The van der Waals surface area contributed by atoms with Gasteiger partial charge in [-0.2, -0.15) is 0 Å². The van der Waals surface area contributed by atoms with Gasteiger partial charge in [0.15, 0.2) is 0 Å². The molecule has 0 bridgehead atoms. The van der Waals surface area contributed by atoms with Crippen molar-refractivity contribution in [3.05, 3.63) is 101 Å². The summed E-state index contributed by atoms with van der Waals surface area (Å²) in [4.78, 5) is 28.9. The minimum atomic E-state index is -0.602. The SMILES string of the molecule is COc1ccc([C@@H]2[C@H](C(=O)NC(C)C)c3ccccc3C(=O)N2Cc2ccc(F)cc2)cc1. The number of carbonyl (C=O) groups excluding carboxylic acids is 2. The van der Waals surface area contributed by atoms with Crippen LogP contribution < -0.4 is 10.1 Å². The second kappa shape index (κ2) is 9.45. The van der Waals surface area contributed by atoms with Crippen molar-refractivity contribution in [2.24, 2.45) is 0 Å². The average Bonchev–Trinajstić information content (AvgIpc) is 2.81. The lowest BCUT2D eigenvalue weighted by Crippen LogP contribution is -2.48. The first-order valence-electron chi connectivity index (χ1n) is 11.0. The van der Waals surface area contributed by atoms with E-state index < -0.39 is 12.0 Å². The summed E-state index contributed by atoms with van der Waals surface area (Å²) in [7, 11) is 1.59. The Bertz CT molecular complexity index is 1140. The number of rotatable bonds is 6. The molecule has 0 saturated carbocycles. The zero-order chi connectivity index (χ0) is 23.5. The summed E-state index contributed by atoms with van der Waals surface area (Å²) in [6.07, 6.45) is 0. The Labute approximate surface area is 193 Å². The smallest absolute Gasteiger partial charge is 0.255 e. The number of fused-ring (bicyclic) bond motifs is 1. The first-order valence-corrected chi connectivity index (χ1v) is 11.0. The number of carbonyl (C=O) groups is 2. The van der Waals surface area contributed by atoms with Gasteiger partial charge in [0.05, 0.1) is 19.1 Å². The highest BCUT2D eigenvalue weighted by Crippen LogP contribution is 2.44. The van der Waals surface area contributed by atoms with Gasteiger partial charge in [0, 0.05) is 18.2 Å². The number of nitrogens with zero attached hydrogens (tertiary/aromatic N) is 1. The molecule has 1 heterocycles. The van der Waals surface area contributed by atoms with Gasteiger partial charge in [-0.3, -0.25) is 9.59 Å². The van der Waals surface area contributed by atoms with Crippen molar-refractivity contribution in [2.75, 3.05) is 7.11 Å². The van der Waals surface area contributed by atoms with Crippen molar-refractivity contribution in [3.63, 3.8) is 0 Å². The van der Waals surface area contributed by atoms with Crippen molar-refractivity contribution in [3.8, 4) is 5.75 Å². The summed E-state index contributed by atoms with van der Waals surface area (Å²) in [6, 6.07) is 20.2. The van der Waals surface area contributed by atoms with Crippen LogP contribution in [0.2, 0.25) is 0 Å². The standard InChI is InChI=1S/C27H27FN2O3/c1-17(2)29-26(31)24-22-6-4-5-7-23(22)27(32)30(16-18-8-12-20(28)13-9-18)25(24)19-10-14-21(33-3)15-11-19/h4-15,17,24-25H,16H2,1-3H3,(H,29,31)/t24-,25-/m1/s1. The monoisotopic (exact) mass is 446 g/mol. The van der Waals surface area contributed by atoms with Crippen LogP contribution in [0.1, 0.15) is 52.9 Å². The van der Waals surface area contributed by atoms with E-state index in [-0.39, 0.29) is 30.2 Å². The van der Waals surface area contributed by atoms with Crippen LogP contribution >= 0.6 is 0 Å². The molecule has 4 rings (SSSR count). The van der Waals surface area contributed by atoms with Crippen LogP contribution in [0.15, 0.2) is 72.8 Å². The van der Waals surface area contributed by atoms with E-state index in [0.717, 1.165) is 11.1 Å². The molecule has 0 saturated heterocycles. The van der Waals surface area contributed by atoms with Crippen molar-refractivity contribution in [2.45, 2.75) is 38.4 Å². The predicted octanol–water partition coefficient (Wildman–Crippen LogP) is 4.84. The predicted molar refractivity (Wildman–Crippen MR) is 124 cm³/mol. The van der Waals surface area contributed by atoms with E-state index in [1.54, 1.807) is 36.3 Å². The van der Waals surface area contributed by atoms with E-state index >= 15 is 0 Å². The highest BCUT2D eigenvalue weighted by molar-refractivity contribution is 6.01.